The average molecular weight is 437 g/mol. The van der Waals surface area contributed by atoms with Crippen molar-refractivity contribution < 1.29 is 4.74 Å². The molecule has 0 aliphatic carbocycles. The van der Waals surface area contributed by atoms with E-state index in [1.165, 1.54) is 0 Å². The molecule has 27 heavy (non-hydrogen) atoms. The van der Waals surface area contributed by atoms with Crippen molar-refractivity contribution in [1.82, 2.24) is 5.32 Å². The van der Waals surface area contributed by atoms with E-state index in [4.69, 9.17) is 51.8 Å². The smallest absolute Gasteiger partial charge is 0.129 e. The van der Waals surface area contributed by atoms with E-state index in [0.29, 0.717) is 39.0 Å². The summed E-state index contributed by atoms with van der Waals surface area (Å²) in [6.45, 7) is 0.977. The summed E-state index contributed by atoms with van der Waals surface area (Å²) in [4.78, 5) is 0.620. The van der Waals surface area contributed by atoms with Crippen LogP contribution in [0.25, 0.3) is 0 Å². The van der Waals surface area contributed by atoms with Crippen molar-refractivity contribution in [2.24, 2.45) is 0 Å². The molecule has 0 aromatic heterocycles. The second-order valence-corrected chi connectivity index (χ2v) is 7.50. The van der Waals surface area contributed by atoms with Crippen molar-refractivity contribution in [1.29, 1.82) is 0 Å². The summed E-state index contributed by atoms with van der Waals surface area (Å²) in [6.07, 6.45) is 0. The SMILES string of the molecule is S=C(NCc1ccc(Cl)cc1)c1ccccc1OCc1ccc(Cl)c(Cl)c1. The van der Waals surface area contributed by atoms with Crippen LogP contribution in [0.3, 0.4) is 0 Å². The minimum Gasteiger partial charge on any atom is -0.488 e. The average Bonchev–Trinajstić information content (AvgIpc) is 2.68. The Morgan fingerprint density at radius 1 is 0.852 bits per heavy atom. The van der Waals surface area contributed by atoms with Crippen molar-refractivity contribution in [2.45, 2.75) is 13.2 Å². The molecule has 3 aromatic carbocycles. The van der Waals surface area contributed by atoms with Crippen molar-refractivity contribution >= 4 is 52.0 Å². The highest BCUT2D eigenvalue weighted by Gasteiger charge is 2.09. The molecule has 0 saturated carbocycles. The van der Waals surface area contributed by atoms with Gasteiger partial charge in [0.15, 0.2) is 0 Å². The summed E-state index contributed by atoms with van der Waals surface area (Å²) in [6, 6.07) is 20.7. The van der Waals surface area contributed by atoms with Crippen LogP contribution in [0.2, 0.25) is 15.1 Å². The van der Waals surface area contributed by atoms with E-state index >= 15 is 0 Å². The van der Waals surface area contributed by atoms with Gasteiger partial charge in [0.2, 0.25) is 0 Å². The molecule has 0 heterocycles. The summed E-state index contributed by atoms with van der Waals surface area (Å²) in [5.41, 5.74) is 2.86. The van der Waals surface area contributed by atoms with E-state index in [2.05, 4.69) is 5.32 Å². The quantitative estimate of drug-likeness (QED) is 0.435. The number of para-hydroxylation sites is 1. The zero-order valence-corrected chi connectivity index (χ0v) is 17.3. The second-order valence-electron chi connectivity index (χ2n) is 5.84. The first-order chi connectivity index (χ1) is 13.0. The Labute approximate surface area is 179 Å². The molecule has 0 fully saturated rings. The zero-order chi connectivity index (χ0) is 19.2. The summed E-state index contributed by atoms with van der Waals surface area (Å²) in [5.74, 6) is 0.706. The van der Waals surface area contributed by atoms with E-state index in [-0.39, 0.29) is 0 Å². The lowest BCUT2D eigenvalue weighted by Gasteiger charge is -2.14. The van der Waals surface area contributed by atoms with Gasteiger partial charge in [-0.25, -0.2) is 0 Å². The lowest BCUT2D eigenvalue weighted by atomic mass is 10.1. The molecule has 0 saturated heterocycles. The first-order valence-corrected chi connectivity index (χ1v) is 9.75. The van der Waals surface area contributed by atoms with Crippen molar-refractivity contribution in [3.8, 4) is 5.75 Å². The first-order valence-electron chi connectivity index (χ1n) is 8.21. The van der Waals surface area contributed by atoms with Gasteiger partial charge in [0.05, 0.1) is 15.6 Å². The Kier molecular flexibility index (Phi) is 6.97. The van der Waals surface area contributed by atoms with E-state index in [1.54, 1.807) is 12.1 Å². The Hall–Kier alpha value is -1.78. The van der Waals surface area contributed by atoms with Crippen molar-refractivity contribution in [3.63, 3.8) is 0 Å². The van der Waals surface area contributed by atoms with E-state index in [9.17, 15) is 0 Å². The number of hydrogen-bond donors (Lipinski definition) is 1. The van der Waals surface area contributed by atoms with Crippen LogP contribution in [-0.4, -0.2) is 4.99 Å². The highest BCUT2D eigenvalue weighted by atomic mass is 35.5. The lowest BCUT2D eigenvalue weighted by molar-refractivity contribution is 0.305. The van der Waals surface area contributed by atoms with Crippen molar-refractivity contribution in [3.05, 3.63) is 98.5 Å². The molecule has 3 aromatic rings. The molecule has 0 bridgehead atoms. The molecule has 0 spiro atoms. The van der Waals surface area contributed by atoms with Gasteiger partial charge in [-0.2, -0.15) is 0 Å². The van der Waals surface area contributed by atoms with E-state index < -0.39 is 0 Å². The van der Waals surface area contributed by atoms with E-state index in [0.717, 1.165) is 16.7 Å². The predicted molar refractivity (Wildman–Crippen MR) is 117 cm³/mol. The number of ether oxygens (including phenoxy) is 1. The number of hydrogen-bond acceptors (Lipinski definition) is 2. The molecule has 0 aliphatic rings. The van der Waals surface area contributed by atoms with Crippen LogP contribution < -0.4 is 10.1 Å². The summed E-state index contributed by atoms with van der Waals surface area (Å²) >= 11 is 23.5. The third-order valence-electron chi connectivity index (χ3n) is 3.88. The number of rotatable bonds is 6. The van der Waals surface area contributed by atoms with Gasteiger partial charge in [-0.05, 0) is 47.5 Å². The van der Waals surface area contributed by atoms with Crippen LogP contribution in [0.15, 0.2) is 66.7 Å². The molecule has 6 heteroatoms. The maximum Gasteiger partial charge on any atom is 0.129 e. The molecule has 0 amide bonds. The highest BCUT2D eigenvalue weighted by molar-refractivity contribution is 7.80. The molecule has 138 valence electrons. The van der Waals surface area contributed by atoms with Crippen LogP contribution in [0.1, 0.15) is 16.7 Å². The maximum absolute atomic E-state index is 6.06. The van der Waals surface area contributed by atoms with Gasteiger partial charge in [-0.3, -0.25) is 0 Å². The van der Waals surface area contributed by atoms with Gasteiger partial charge in [-0.1, -0.05) is 77.4 Å². The monoisotopic (exact) mass is 435 g/mol. The number of benzene rings is 3. The second kappa shape index (κ2) is 9.43. The molecule has 2 nitrogen and oxygen atoms in total. The van der Waals surface area contributed by atoms with Gasteiger partial charge in [-0.15, -0.1) is 0 Å². The standard InChI is InChI=1S/C21H16Cl3NOS/c22-16-8-5-14(6-9-16)12-25-21(27)17-3-1-2-4-20(17)26-13-15-7-10-18(23)19(24)11-15/h1-11H,12-13H2,(H,25,27). The Bertz CT molecular complexity index is 944. The Morgan fingerprint density at radius 2 is 1.56 bits per heavy atom. The lowest BCUT2D eigenvalue weighted by Crippen LogP contribution is -2.22. The van der Waals surface area contributed by atoms with Crippen LogP contribution in [0.5, 0.6) is 5.75 Å². The minimum absolute atomic E-state index is 0.369. The van der Waals surface area contributed by atoms with Crippen LogP contribution in [0.4, 0.5) is 0 Å². The molecule has 3 rings (SSSR count). The molecule has 0 aliphatic heterocycles. The van der Waals surface area contributed by atoms with Gasteiger partial charge in [0.25, 0.3) is 0 Å². The summed E-state index contributed by atoms with van der Waals surface area (Å²) in [7, 11) is 0. The fourth-order valence-corrected chi connectivity index (χ4v) is 3.14. The molecular formula is C21H16Cl3NOS. The fourth-order valence-electron chi connectivity index (χ4n) is 2.45. The maximum atomic E-state index is 6.06. The topological polar surface area (TPSA) is 21.3 Å². The summed E-state index contributed by atoms with van der Waals surface area (Å²) in [5, 5.41) is 5.00. The van der Waals surface area contributed by atoms with Crippen molar-refractivity contribution in [2.75, 3.05) is 0 Å². The van der Waals surface area contributed by atoms with Gasteiger partial charge < -0.3 is 10.1 Å². The van der Waals surface area contributed by atoms with Crippen LogP contribution >= 0.6 is 47.0 Å². The van der Waals surface area contributed by atoms with Crippen LogP contribution in [0, 0.1) is 0 Å². The Morgan fingerprint density at radius 3 is 2.30 bits per heavy atom. The normalized spacial score (nSPS) is 10.5. The summed E-state index contributed by atoms with van der Waals surface area (Å²) < 4.78 is 5.96. The van der Waals surface area contributed by atoms with E-state index in [1.807, 2.05) is 54.6 Å². The zero-order valence-electron chi connectivity index (χ0n) is 14.2. The Balaban J connectivity index is 1.66. The number of thiocarbonyl (C=S) groups is 1. The number of halogens is 3. The molecule has 1 N–H and O–H groups in total. The molecular weight excluding hydrogens is 421 g/mol. The molecule has 0 atom stereocenters. The largest absolute Gasteiger partial charge is 0.488 e. The van der Waals surface area contributed by atoms with Gasteiger partial charge in [0.1, 0.15) is 17.3 Å². The number of nitrogens with one attached hydrogen (secondary N) is 1. The van der Waals surface area contributed by atoms with Gasteiger partial charge >= 0.3 is 0 Å². The van der Waals surface area contributed by atoms with Gasteiger partial charge in [0, 0.05) is 11.6 Å². The molecule has 0 radical (unpaired) electrons. The van der Waals surface area contributed by atoms with Crippen LogP contribution in [-0.2, 0) is 13.2 Å². The third-order valence-corrected chi connectivity index (χ3v) is 5.23. The highest BCUT2D eigenvalue weighted by Crippen LogP contribution is 2.24. The molecule has 0 unspecified atom stereocenters. The fraction of sp³-hybridized carbons (Fsp3) is 0.0952. The minimum atomic E-state index is 0.369. The first kappa shape index (κ1) is 20.0. The predicted octanol–water partition coefficient (Wildman–Crippen LogP) is 6.69. The third kappa shape index (κ3) is 5.60.